The lowest BCUT2D eigenvalue weighted by atomic mass is 10.0. The van der Waals surface area contributed by atoms with Crippen LogP contribution in [0.15, 0.2) is 30.6 Å². The molecule has 0 aliphatic heterocycles. The monoisotopic (exact) mass is 320 g/mol. The number of nitrogens with one attached hydrogen (secondary N) is 1. The van der Waals surface area contributed by atoms with E-state index in [1.54, 1.807) is 0 Å². The molecule has 23 heavy (non-hydrogen) atoms. The fourth-order valence-electron chi connectivity index (χ4n) is 2.33. The zero-order valence-corrected chi connectivity index (χ0v) is 11.9. The van der Waals surface area contributed by atoms with E-state index in [2.05, 4.69) is 10.3 Å². The van der Waals surface area contributed by atoms with Gasteiger partial charge in [0.05, 0.1) is 16.8 Å². The number of halogens is 3. The van der Waals surface area contributed by atoms with Gasteiger partial charge in [0, 0.05) is 12.6 Å². The van der Waals surface area contributed by atoms with Crippen LogP contribution in [-0.4, -0.2) is 22.3 Å². The average molecular weight is 320 g/mol. The van der Waals surface area contributed by atoms with Gasteiger partial charge in [0.2, 0.25) is 5.95 Å². The Morgan fingerprint density at radius 1 is 1.22 bits per heavy atom. The Kier molecular flexibility index (Phi) is 3.44. The van der Waals surface area contributed by atoms with Gasteiger partial charge in [-0.2, -0.15) is 4.39 Å². The van der Waals surface area contributed by atoms with Crippen molar-refractivity contribution >= 4 is 17.1 Å². The Labute approximate surface area is 128 Å². The number of imidazole rings is 1. The molecule has 0 aliphatic rings. The lowest BCUT2D eigenvalue weighted by Crippen LogP contribution is -2.18. The molecule has 0 bridgehead atoms. The summed E-state index contributed by atoms with van der Waals surface area (Å²) in [7, 11) is 1.41. The zero-order chi connectivity index (χ0) is 16.7. The van der Waals surface area contributed by atoms with E-state index in [1.165, 1.54) is 19.2 Å². The molecule has 0 fully saturated rings. The number of pyridine rings is 1. The quantitative estimate of drug-likeness (QED) is 0.562. The van der Waals surface area contributed by atoms with Gasteiger partial charge in [0.15, 0.2) is 11.5 Å². The molecule has 0 unspecified atom stereocenters. The number of nitrogen functional groups attached to an aromatic ring is 1. The van der Waals surface area contributed by atoms with Gasteiger partial charge in [-0.3, -0.25) is 9.20 Å². The second-order valence-electron chi connectivity index (χ2n) is 4.79. The average Bonchev–Trinajstić information content (AvgIpc) is 2.97. The third kappa shape index (κ3) is 2.19. The van der Waals surface area contributed by atoms with Crippen LogP contribution in [0.3, 0.4) is 0 Å². The van der Waals surface area contributed by atoms with Crippen molar-refractivity contribution in [3.05, 3.63) is 53.9 Å². The van der Waals surface area contributed by atoms with Gasteiger partial charge in [-0.15, -0.1) is 0 Å². The van der Waals surface area contributed by atoms with Gasteiger partial charge in [0.25, 0.3) is 5.91 Å². The summed E-state index contributed by atoms with van der Waals surface area (Å²) in [5.74, 6) is -3.44. The Bertz CT molecular complexity index is 936. The van der Waals surface area contributed by atoms with Crippen molar-refractivity contribution in [3.63, 3.8) is 0 Å². The molecular formula is C15H11F3N4O. The van der Waals surface area contributed by atoms with Crippen molar-refractivity contribution in [1.29, 1.82) is 0 Å². The molecular weight excluding hydrogens is 309 g/mol. The topological polar surface area (TPSA) is 72.4 Å². The van der Waals surface area contributed by atoms with Gasteiger partial charge in [0.1, 0.15) is 12.1 Å². The Morgan fingerprint density at radius 2 is 1.96 bits per heavy atom. The van der Waals surface area contributed by atoms with E-state index in [-0.39, 0.29) is 22.5 Å². The minimum absolute atomic E-state index is 0.00599. The van der Waals surface area contributed by atoms with Gasteiger partial charge in [-0.1, -0.05) is 0 Å². The number of rotatable bonds is 2. The Morgan fingerprint density at radius 3 is 2.65 bits per heavy atom. The number of carbonyl (C=O) groups excluding carboxylic acids is 1. The molecule has 5 nitrogen and oxygen atoms in total. The largest absolute Gasteiger partial charge is 0.396 e. The zero-order valence-electron chi connectivity index (χ0n) is 11.9. The maximum Gasteiger partial charge on any atom is 0.271 e. The molecule has 8 heteroatoms. The normalized spacial score (nSPS) is 11.0. The second kappa shape index (κ2) is 5.31. The lowest BCUT2D eigenvalue weighted by Gasteiger charge is -2.10. The minimum atomic E-state index is -1.05. The highest BCUT2D eigenvalue weighted by molar-refractivity contribution is 5.99. The number of hydrogen-bond acceptors (Lipinski definition) is 3. The van der Waals surface area contributed by atoms with E-state index < -0.39 is 29.1 Å². The molecule has 0 spiro atoms. The molecule has 0 atom stereocenters. The van der Waals surface area contributed by atoms with Crippen molar-refractivity contribution in [2.45, 2.75) is 0 Å². The first-order valence-corrected chi connectivity index (χ1v) is 6.57. The summed E-state index contributed by atoms with van der Waals surface area (Å²) in [5, 5.41) is 2.38. The Hall–Kier alpha value is -3.03. The second-order valence-corrected chi connectivity index (χ2v) is 4.79. The summed E-state index contributed by atoms with van der Waals surface area (Å²) in [6.45, 7) is 0. The van der Waals surface area contributed by atoms with Crippen molar-refractivity contribution in [1.82, 2.24) is 14.7 Å². The molecule has 3 rings (SSSR count). The van der Waals surface area contributed by atoms with Gasteiger partial charge < -0.3 is 11.1 Å². The molecule has 1 aromatic carbocycles. The number of aromatic nitrogens is 2. The van der Waals surface area contributed by atoms with Crippen molar-refractivity contribution in [3.8, 4) is 11.1 Å². The molecule has 0 aliphatic carbocycles. The van der Waals surface area contributed by atoms with E-state index in [4.69, 9.17) is 5.73 Å². The predicted molar refractivity (Wildman–Crippen MR) is 78.3 cm³/mol. The van der Waals surface area contributed by atoms with E-state index in [0.717, 1.165) is 22.9 Å². The SMILES string of the molecule is CNC(=O)c1ncn2c(F)c(-c3c(F)ccc(N)c3F)ccc12. The highest BCUT2D eigenvalue weighted by atomic mass is 19.1. The fourth-order valence-corrected chi connectivity index (χ4v) is 2.33. The molecule has 118 valence electrons. The predicted octanol–water partition coefficient (Wildman–Crippen LogP) is 2.36. The number of nitrogens with two attached hydrogens (primary N) is 1. The van der Waals surface area contributed by atoms with Gasteiger partial charge in [-0.25, -0.2) is 13.8 Å². The number of benzene rings is 1. The van der Waals surface area contributed by atoms with Crippen LogP contribution in [0.1, 0.15) is 10.5 Å². The first kappa shape index (κ1) is 14.9. The summed E-state index contributed by atoms with van der Waals surface area (Å²) in [4.78, 5) is 15.5. The number of anilines is 1. The molecule has 1 amide bonds. The van der Waals surface area contributed by atoms with E-state index in [9.17, 15) is 18.0 Å². The Balaban J connectivity index is 2.28. The third-order valence-corrected chi connectivity index (χ3v) is 3.48. The number of carbonyl (C=O) groups is 1. The van der Waals surface area contributed by atoms with Crippen molar-refractivity contribution in [2.24, 2.45) is 0 Å². The third-order valence-electron chi connectivity index (χ3n) is 3.48. The van der Waals surface area contributed by atoms with Crippen molar-refractivity contribution < 1.29 is 18.0 Å². The summed E-state index contributed by atoms with van der Waals surface area (Å²) >= 11 is 0. The molecule has 3 aromatic rings. The summed E-state index contributed by atoms with van der Waals surface area (Å²) < 4.78 is 43.6. The first-order valence-electron chi connectivity index (χ1n) is 6.57. The molecule has 0 saturated heterocycles. The summed E-state index contributed by atoms with van der Waals surface area (Å²) in [6.07, 6.45) is 1.07. The van der Waals surface area contributed by atoms with Crippen LogP contribution in [0, 0.1) is 17.6 Å². The molecule has 0 radical (unpaired) electrons. The molecule has 2 aromatic heterocycles. The molecule has 3 N–H and O–H groups in total. The van der Waals surface area contributed by atoms with Crippen LogP contribution in [0.4, 0.5) is 18.9 Å². The highest BCUT2D eigenvalue weighted by Gasteiger charge is 2.21. The lowest BCUT2D eigenvalue weighted by molar-refractivity contribution is 0.0960. The maximum absolute atomic E-state index is 14.6. The van der Waals surface area contributed by atoms with Crippen LogP contribution in [0.2, 0.25) is 0 Å². The first-order chi connectivity index (χ1) is 11.0. The number of hydrogen-bond donors (Lipinski definition) is 2. The number of amides is 1. The number of nitrogens with zero attached hydrogens (tertiary/aromatic N) is 2. The van der Waals surface area contributed by atoms with Crippen LogP contribution >= 0.6 is 0 Å². The fraction of sp³-hybridized carbons (Fsp3) is 0.0667. The summed E-state index contributed by atoms with van der Waals surface area (Å²) in [6, 6.07) is 4.56. The van der Waals surface area contributed by atoms with Crippen LogP contribution < -0.4 is 11.1 Å². The minimum Gasteiger partial charge on any atom is -0.396 e. The highest BCUT2D eigenvalue weighted by Crippen LogP contribution is 2.32. The smallest absolute Gasteiger partial charge is 0.271 e. The van der Waals surface area contributed by atoms with E-state index >= 15 is 0 Å². The standard InChI is InChI=1S/C15H11F3N4O/c1-20-15(23)13-10-5-2-7(14(18)22(10)6-21-13)11-8(16)3-4-9(19)12(11)17/h2-6H,19H2,1H3,(H,20,23). The van der Waals surface area contributed by atoms with Crippen LogP contribution in [0.25, 0.3) is 16.6 Å². The summed E-state index contributed by atoms with van der Waals surface area (Å²) in [5.41, 5.74) is 4.41. The van der Waals surface area contributed by atoms with E-state index in [1.807, 2.05) is 0 Å². The van der Waals surface area contributed by atoms with Crippen LogP contribution in [-0.2, 0) is 0 Å². The van der Waals surface area contributed by atoms with Gasteiger partial charge >= 0.3 is 0 Å². The van der Waals surface area contributed by atoms with E-state index in [0.29, 0.717) is 0 Å². The van der Waals surface area contributed by atoms with Crippen LogP contribution in [0.5, 0.6) is 0 Å². The van der Waals surface area contributed by atoms with Gasteiger partial charge in [-0.05, 0) is 24.3 Å². The maximum atomic E-state index is 14.6. The van der Waals surface area contributed by atoms with Crippen molar-refractivity contribution in [2.75, 3.05) is 12.8 Å². The number of fused-ring (bicyclic) bond motifs is 1. The molecule has 0 saturated carbocycles. The molecule has 2 heterocycles.